The molecule has 2 heterocycles. The van der Waals surface area contributed by atoms with E-state index in [1.54, 1.807) is 18.5 Å². The van der Waals surface area contributed by atoms with Gasteiger partial charge >= 0.3 is 0 Å². The lowest BCUT2D eigenvalue weighted by atomic mass is 10.7. The quantitative estimate of drug-likeness (QED) is 0.669. The van der Waals surface area contributed by atoms with Crippen molar-refractivity contribution in [3.05, 3.63) is 10.6 Å². The third-order valence-corrected chi connectivity index (χ3v) is 3.17. The second-order valence-corrected chi connectivity index (χ2v) is 4.97. The molecule has 8 nitrogen and oxygen atoms in total. The van der Waals surface area contributed by atoms with Gasteiger partial charge in [0.2, 0.25) is 4.77 Å². The first kappa shape index (κ1) is 11.1. The number of rotatable bonds is 1. The van der Waals surface area contributed by atoms with Crippen LogP contribution in [0.4, 0.5) is 0 Å². The fourth-order valence-electron chi connectivity index (χ4n) is 1.11. The summed E-state index contributed by atoms with van der Waals surface area (Å²) in [5, 5.41) is 8.11. The third-order valence-electron chi connectivity index (χ3n) is 2.04. The first-order chi connectivity index (χ1) is 7.30. The molecule has 0 atom stereocenters. The van der Waals surface area contributed by atoms with E-state index in [2.05, 4.69) is 15.1 Å². The Hall–Kier alpha value is -1.39. The molecule has 0 bridgehead atoms. The smallest absolute Gasteiger partial charge is 0.284 e. The predicted molar refractivity (Wildman–Crippen MR) is 56.7 cm³/mol. The van der Waals surface area contributed by atoms with E-state index in [-0.39, 0.29) is 5.78 Å². The van der Waals surface area contributed by atoms with Gasteiger partial charge in [-0.25, -0.2) is 13.6 Å². The fourth-order valence-corrected chi connectivity index (χ4v) is 1.77. The van der Waals surface area contributed by atoms with E-state index >= 15 is 0 Å². The zero-order valence-corrected chi connectivity index (χ0v) is 10.1. The Balaban J connectivity index is 2.93. The van der Waals surface area contributed by atoms with E-state index in [0.717, 1.165) is 4.52 Å². The van der Waals surface area contributed by atoms with Gasteiger partial charge in [0.05, 0.1) is 0 Å². The van der Waals surface area contributed by atoms with E-state index in [4.69, 9.17) is 17.4 Å². The SMILES string of the molecule is Cc1nc2nc(S(N)(=O)=O)nn2c(=S)n1C. The standard InChI is InChI=1S/C6H8N6O2S2/c1-3-8-4-9-5(16(7,13)14)10-12(4)6(15)11(3)2/h1-2H3,(H2,7,13,14). The summed E-state index contributed by atoms with van der Waals surface area (Å²) in [6.07, 6.45) is 0. The summed E-state index contributed by atoms with van der Waals surface area (Å²) in [7, 11) is -2.25. The number of primary sulfonamides is 1. The molecule has 0 aromatic carbocycles. The van der Waals surface area contributed by atoms with Crippen LogP contribution in [0.5, 0.6) is 0 Å². The maximum atomic E-state index is 11.1. The summed E-state index contributed by atoms with van der Waals surface area (Å²) in [6.45, 7) is 1.72. The lowest BCUT2D eigenvalue weighted by Gasteiger charge is -2.02. The Morgan fingerprint density at radius 2 is 2.00 bits per heavy atom. The molecule has 2 aromatic heterocycles. The number of sulfonamides is 1. The van der Waals surface area contributed by atoms with Crippen LogP contribution < -0.4 is 5.14 Å². The summed E-state index contributed by atoms with van der Waals surface area (Å²) in [4.78, 5) is 7.73. The monoisotopic (exact) mass is 260 g/mol. The first-order valence-corrected chi connectivity index (χ1v) is 6.09. The third kappa shape index (κ3) is 1.60. The zero-order chi connectivity index (χ0) is 12.1. The van der Waals surface area contributed by atoms with Gasteiger partial charge in [0.25, 0.3) is 21.0 Å². The molecule has 16 heavy (non-hydrogen) atoms. The predicted octanol–water partition coefficient (Wildman–Crippen LogP) is -0.852. The highest BCUT2D eigenvalue weighted by Crippen LogP contribution is 2.04. The average molecular weight is 260 g/mol. The van der Waals surface area contributed by atoms with Crippen LogP contribution >= 0.6 is 12.2 Å². The zero-order valence-electron chi connectivity index (χ0n) is 8.45. The molecule has 0 aliphatic heterocycles. The molecule has 0 saturated carbocycles. The Bertz CT molecular complexity index is 727. The number of aryl methyl sites for hydroxylation is 1. The van der Waals surface area contributed by atoms with Crippen LogP contribution in [-0.2, 0) is 17.1 Å². The highest BCUT2D eigenvalue weighted by Gasteiger charge is 2.17. The van der Waals surface area contributed by atoms with Crippen molar-refractivity contribution < 1.29 is 8.42 Å². The van der Waals surface area contributed by atoms with E-state index in [0.29, 0.717) is 10.6 Å². The van der Waals surface area contributed by atoms with Gasteiger partial charge in [-0.15, -0.1) is 5.10 Å². The molecule has 0 aliphatic rings. The first-order valence-electron chi connectivity index (χ1n) is 4.14. The molecule has 0 fully saturated rings. The van der Waals surface area contributed by atoms with Gasteiger partial charge in [-0.2, -0.15) is 14.5 Å². The van der Waals surface area contributed by atoms with Gasteiger partial charge in [-0.05, 0) is 19.1 Å². The largest absolute Gasteiger partial charge is 0.308 e. The Morgan fingerprint density at radius 1 is 1.38 bits per heavy atom. The summed E-state index contributed by atoms with van der Waals surface area (Å²) < 4.78 is 25.1. The summed E-state index contributed by atoms with van der Waals surface area (Å²) in [6, 6.07) is 0. The summed E-state index contributed by atoms with van der Waals surface area (Å²) in [5.74, 6) is 0.718. The van der Waals surface area contributed by atoms with Crippen LogP contribution in [0, 0.1) is 11.7 Å². The van der Waals surface area contributed by atoms with Crippen LogP contribution in [-0.4, -0.2) is 32.6 Å². The van der Waals surface area contributed by atoms with E-state index in [9.17, 15) is 8.42 Å². The maximum absolute atomic E-state index is 11.1. The number of nitrogens with two attached hydrogens (primary N) is 1. The maximum Gasteiger partial charge on any atom is 0.284 e. The minimum Gasteiger partial charge on any atom is -0.308 e. The molecule has 2 aromatic rings. The molecule has 0 aliphatic carbocycles. The Labute approximate surface area is 95.8 Å². The van der Waals surface area contributed by atoms with Crippen molar-refractivity contribution in [2.75, 3.05) is 0 Å². The van der Waals surface area contributed by atoms with Crippen molar-refractivity contribution in [2.45, 2.75) is 12.1 Å². The van der Waals surface area contributed by atoms with E-state index in [1.165, 1.54) is 0 Å². The molecule has 0 unspecified atom stereocenters. The number of hydrogen-bond acceptors (Lipinski definition) is 6. The highest BCUT2D eigenvalue weighted by molar-refractivity contribution is 7.89. The van der Waals surface area contributed by atoms with Crippen molar-refractivity contribution in [1.29, 1.82) is 0 Å². The number of fused-ring (bicyclic) bond motifs is 1. The van der Waals surface area contributed by atoms with Crippen molar-refractivity contribution in [2.24, 2.45) is 12.2 Å². The fraction of sp³-hybridized carbons (Fsp3) is 0.333. The van der Waals surface area contributed by atoms with Gasteiger partial charge in [0.15, 0.2) is 0 Å². The molecule has 0 saturated heterocycles. The normalized spacial score (nSPS) is 12.2. The number of aromatic nitrogens is 5. The van der Waals surface area contributed by atoms with E-state index < -0.39 is 15.2 Å². The highest BCUT2D eigenvalue weighted by atomic mass is 32.2. The van der Waals surface area contributed by atoms with Gasteiger partial charge in [-0.3, -0.25) is 0 Å². The van der Waals surface area contributed by atoms with Gasteiger partial charge < -0.3 is 4.57 Å². The average Bonchev–Trinajstić information content (AvgIpc) is 2.57. The van der Waals surface area contributed by atoms with Crippen molar-refractivity contribution in [1.82, 2.24) is 24.1 Å². The lowest BCUT2D eigenvalue weighted by molar-refractivity contribution is 0.587. The molecule has 0 amide bonds. The Morgan fingerprint density at radius 3 is 2.56 bits per heavy atom. The van der Waals surface area contributed by atoms with Crippen LogP contribution in [0.3, 0.4) is 0 Å². The summed E-state index contributed by atoms with van der Waals surface area (Å²) >= 11 is 5.07. The van der Waals surface area contributed by atoms with Gasteiger partial charge in [0, 0.05) is 7.05 Å². The number of nitrogens with zero attached hydrogens (tertiary/aromatic N) is 5. The van der Waals surface area contributed by atoms with Crippen LogP contribution in [0.1, 0.15) is 5.82 Å². The molecule has 86 valence electrons. The van der Waals surface area contributed by atoms with Crippen molar-refractivity contribution in [3.8, 4) is 0 Å². The topological polar surface area (TPSA) is 108 Å². The number of hydrogen-bond donors (Lipinski definition) is 1. The molecule has 2 rings (SSSR count). The minimum atomic E-state index is -3.95. The molecule has 10 heteroatoms. The van der Waals surface area contributed by atoms with E-state index in [1.807, 2.05) is 0 Å². The molecular weight excluding hydrogens is 252 g/mol. The Kier molecular flexibility index (Phi) is 2.29. The molecule has 2 N–H and O–H groups in total. The molecular formula is C6H8N6O2S2. The molecule has 0 radical (unpaired) electrons. The molecule has 0 spiro atoms. The van der Waals surface area contributed by atoms with Crippen molar-refractivity contribution in [3.63, 3.8) is 0 Å². The van der Waals surface area contributed by atoms with Crippen LogP contribution in [0.15, 0.2) is 5.16 Å². The second-order valence-electron chi connectivity index (χ2n) is 3.15. The summed E-state index contributed by atoms with van der Waals surface area (Å²) in [5.41, 5.74) is 0. The van der Waals surface area contributed by atoms with Gasteiger partial charge in [0.1, 0.15) is 5.82 Å². The second kappa shape index (κ2) is 3.30. The van der Waals surface area contributed by atoms with Crippen LogP contribution in [0.25, 0.3) is 5.78 Å². The lowest BCUT2D eigenvalue weighted by Crippen LogP contribution is -2.14. The van der Waals surface area contributed by atoms with Crippen molar-refractivity contribution >= 4 is 28.0 Å². The minimum absolute atomic E-state index is 0.115. The van der Waals surface area contributed by atoms with Gasteiger partial charge in [-0.1, -0.05) is 0 Å². The van der Waals surface area contributed by atoms with Crippen LogP contribution in [0.2, 0.25) is 0 Å².